The van der Waals surface area contributed by atoms with Gasteiger partial charge in [0.25, 0.3) is 0 Å². The standard InChI is InChI=1S/C18H15N5O/c1-12-15-9-16(24)23(11-13-3-2-6-20-10-13)18(15)22-17(21-12)14-4-7-19-8-5-14/h2-8,10H,9,11H2,1H3. The summed E-state index contributed by atoms with van der Waals surface area (Å²) in [5.41, 5.74) is 3.60. The zero-order chi connectivity index (χ0) is 16.5. The number of rotatable bonds is 3. The fraction of sp³-hybridized carbons (Fsp3) is 0.167. The second-order valence-corrected chi connectivity index (χ2v) is 5.69. The Morgan fingerprint density at radius 3 is 2.67 bits per heavy atom. The monoisotopic (exact) mass is 317 g/mol. The second-order valence-electron chi connectivity index (χ2n) is 5.69. The first kappa shape index (κ1) is 14.4. The van der Waals surface area contributed by atoms with Gasteiger partial charge in [-0.2, -0.15) is 0 Å². The van der Waals surface area contributed by atoms with Crippen molar-refractivity contribution in [3.05, 3.63) is 65.9 Å². The summed E-state index contributed by atoms with van der Waals surface area (Å²) in [6.07, 6.45) is 7.25. The summed E-state index contributed by atoms with van der Waals surface area (Å²) in [6.45, 7) is 2.39. The molecule has 4 rings (SSSR count). The van der Waals surface area contributed by atoms with Gasteiger partial charge >= 0.3 is 0 Å². The number of nitrogens with zero attached hydrogens (tertiary/aromatic N) is 5. The van der Waals surface area contributed by atoms with E-state index in [1.54, 1.807) is 29.7 Å². The minimum absolute atomic E-state index is 0.0399. The summed E-state index contributed by atoms with van der Waals surface area (Å²) in [7, 11) is 0. The number of anilines is 1. The average molecular weight is 317 g/mol. The fourth-order valence-electron chi connectivity index (χ4n) is 2.84. The summed E-state index contributed by atoms with van der Waals surface area (Å²) in [6, 6.07) is 7.55. The zero-order valence-corrected chi connectivity index (χ0v) is 13.2. The minimum Gasteiger partial charge on any atom is -0.292 e. The molecule has 0 aromatic carbocycles. The molecule has 1 aliphatic rings. The van der Waals surface area contributed by atoms with Gasteiger partial charge in [0.1, 0.15) is 5.82 Å². The van der Waals surface area contributed by atoms with E-state index in [0.717, 1.165) is 22.4 Å². The molecule has 0 bridgehead atoms. The number of aryl methyl sites for hydroxylation is 1. The van der Waals surface area contributed by atoms with E-state index in [4.69, 9.17) is 0 Å². The third kappa shape index (κ3) is 2.52. The molecule has 6 heteroatoms. The number of carbonyl (C=O) groups is 1. The summed E-state index contributed by atoms with van der Waals surface area (Å²) in [4.78, 5) is 31.5. The van der Waals surface area contributed by atoms with Crippen LogP contribution in [0.3, 0.4) is 0 Å². The third-order valence-corrected chi connectivity index (χ3v) is 4.08. The van der Waals surface area contributed by atoms with Crippen LogP contribution < -0.4 is 4.90 Å². The van der Waals surface area contributed by atoms with E-state index in [2.05, 4.69) is 19.9 Å². The summed E-state index contributed by atoms with van der Waals surface area (Å²) >= 11 is 0. The molecule has 24 heavy (non-hydrogen) atoms. The lowest BCUT2D eigenvalue weighted by atomic mass is 10.2. The van der Waals surface area contributed by atoms with Crippen molar-refractivity contribution in [1.29, 1.82) is 0 Å². The van der Waals surface area contributed by atoms with Gasteiger partial charge in [-0.05, 0) is 30.7 Å². The molecule has 0 radical (unpaired) electrons. The second kappa shape index (κ2) is 5.81. The highest BCUT2D eigenvalue weighted by molar-refractivity contribution is 6.00. The number of aromatic nitrogens is 4. The molecule has 3 aromatic rings. The predicted octanol–water partition coefficient (Wildman–Crippen LogP) is 2.33. The number of fused-ring (bicyclic) bond motifs is 1. The average Bonchev–Trinajstić information content (AvgIpc) is 2.93. The lowest BCUT2D eigenvalue weighted by Gasteiger charge is -2.17. The molecule has 4 heterocycles. The molecule has 1 amide bonds. The molecule has 0 aliphatic carbocycles. The zero-order valence-electron chi connectivity index (χ0n) is 13.2. The summed E-state index contributed by atoms with van der Waals surface area (Å²) < 4.78 is 0. The van der Waals surface area contributed by atoms with Gasteiger partial charge < -0.3 is 0 Å². The van der Waals surface area contributed by atoms with Crippen molar-refractivity contribution in [3.63, 3.8) is 0 Å². The van der Waals surface area contributed by atoms with E-state index < -0.39 is 0 Å². The molecule has 0 unspecified atom stereocenters. The maximum absolute atomic E-state index is 12.5. The van der Waals surface area contributed by atoms with E-state index in [1.165, 1.54) is 0 Å². The smallest absolute Gasteiger partial charge is 0.233 e. The Balaban J connectivity index is 1.76. The molecular formula is C18H15N5O. The predicted molar refractivity (Wildman–Crippen MR) is 89.1 cm³/mol. The molecule has 0 atom stereocenters. The van der Waals surface area contributed by atoms with Gasteiger partial charge in [0, 0.05) is 41.6 Å². The molecule has 0 saturated heterocycles. The van der Waals surface area contributed by atoms with E-state index in [1.807, 2.05) is 31.2 Å². The van der Waals surface area contributed by atoms with E-state index in [9.17, 15) is 4.79 Å². The van der Waals surface area contributed by atoms with Crippen LogP contribution in [0.25, 0.3) is 11.4 Å². The molecular weight excluding hydrogens is 302 g/mol. The summed E-state index contributed by atoms with van der Waals surface area (Å²) in [5, 5.41) is 0. The molecule has 3 aromatic heterocycles. The van der Waals surface area contributed by atoms with Gasteiger partial charge in [-0.1, -0.05) is 6.07 Å². The quantitative estimate of drug-likeness (QED) is 0.741. The number of amides is 1. The molecule has 0 spiro atoms. The Morgan fingerprint density at radius 1 is 1.08 bits per heavy atom. The Hall–Kier alpha value is -3.15. The molecule has 118 valence electrons. The first-order chi connectivity index (χ1) is 11.7. The van der Waals surface area contributed by atoms with E-state index >= 15 is 0 Å². The van der Waals surface area contributed by atoms with Crippen molar-refractivity contribution in [1.82, 2.24) is 19.9 Å². The molecule has 0 fully saturated rings. The van der Waals surface area contributed by atoms with Crippen molar-refractivity contribution in [2.75, 3.05) is 4.90 Å². The summed E-state index contributed by atoms with van der Waals surface area (Å²) in [5.74, 6) is 1.35. The third-order valence-electron chi connectivity index (χ3n) is 4.08. The largest absolute Gasteiger partial charge is 0.292 e. The Bertz CT molecular complexity index is 896. The van der Waals surface area contributed by atoms with Crippen molar-refractivity contribution in [2.24, 2.45) is 0 Å². The van der Waals surface area contributed by atoms with Gasteiger partial charge in [-0.15, -0.1) is 0 Å². The van der Waals surface area contributed by atoms with Gasteiger partial charge in [0.2, 0.25) is 5.91 Å². The number of pyridine rings is 2. The van der Waals surface area contributed by atoms with E-state index in [-0.39, 0.29) is 5.91 Å². The lowest BCUT2D eigenvalue weighted by molar-refractivity contribution is -0.117. The van der Waals surface area contributed by atoms with Gasteiger partial charge in [0.05, 0.1) is 13.0 Å². The van der Waals surface area contributed by atoms with Crippen molar-refractivity contribution >= 4 is 11.7 Å². The van der Waals surface area contributed by atoms with Crippen LogP contribution in [0.4, 0.5) is 5.82 Å². The normalized spacial score (nSPS) is 13.2. The highest BCUT2D eigenvalue weighted by Crippen LogP contribution is 2.32. The van der Waals surface area contributed by atoms with E-state index in [0.29, 0.717) is 24.6 Å². The van der Waals surface area contributed by atoms with Crippen LogP contribution in [0.1, 0.15) is 16.8 Å². The van der Waals surface area contributed by atoms with Crippen molar-refractivity contribution < 1.29 is 4.79 Å². The molecule has 0 N–H and O–H groups in total. The van der Waals surface area contributed by atoms with Crippen LogP contribution in [0.2, 0.25) is 0 Å². The van der Waals surface area contributed by atoms with Crippen LogP contribution in [0.5, 0.6) is 0 Å². The topological polar surface area (TPSA) is 71.9 Å². The number of hydrogen-bond acceptors (Lipinski definition) is 5. The Labute approximate surface area is 139 Å². The Kier molecular flexibility index (Phi) is 3.49. The van der Waals surface area contributed by atoms with Crippen LogP contribution in [-0.4, -0.2) is 25.8 Å². The lowest BCUT2D eigenvalue weighted by Crippen LogP contribution is -2.26. The highest BCUT2D eigenvalue weighted by atomic mass is 16.2. The van der Waals surface area contributed by atoms with Gasteiger partial charge in [-0.25, -0.2) is 9.97 Å². The highest BCUT2D eigenvalue weighted by Gasteiger charge is 2.31. The fourth-order valence-corrected chi connectivity index (χ4v) is 2.84. The SMILES string of the molecule is Cc1nc(-c2ccncc2)nc2c1CC(=O)N2Cc1cccnc1. The first-order valence-electron chi connectivity index (χ1n) is 7.69. The van der Waals surface area contributed by atoms with Crippen LogP contribution in [0.15, 0.2) is 49.1 Å². The first-order valence-corrected chi connectivity index (χ1v) is 7.69. The van der Waals surface area contributed by atoms with Crippen LogP contribution >= 0.6 is 0 Å². The van der Waals surface area contributed by atoms with Crippen LogP contribution in [0, 0.1) is 6.92 Å². The molecule has 1 aliphatic heterocycles. The van der Waals surface area contributed by atoms with Crippen LogP contribution in [-0.2, 0) is 17.8 Å². The molecule has 6 nitrogen and oxygen atoms in total. The minimum atomic E-state index is 0.0399. The van der Waals surface area contributed by atoms with Crippen molar-refractivity contribution in [2.45, 2.75) is 19.9 Å². The maximum Gasteiger partial charge on any atom is 0.233 e. The maximum atomic E-state index is 12.5. The Morgan fingerprint density at radius 2 is 1.92 bits per heavy atom. The van der Waals surface area contributed by atoms with Crippen molar-refractivity contribution in [3.8, 4) is 11.4 Å². The van der Waals surface area contributed by atoms with Gasteiger partial charge in [-0.3, -0.25) is 19.7 Å². The van der Waals surface area contributed by atoms with Gasteiger partial charge in [0.15, 0.2) is 5.82 Å². The number of carbonyl (C=O) groups excluding carboxylic acids is 1. The molecule has 0 saturated carbocycles. The number of hydrogen-bond donors (Lipinski definition) is 0.